The highest BCUT2D eigenvalue weighted by Gasteiger charge is 2.50. The third kappa shape index (κ3) is 4.03. The van der Waals surface area contributed by atoms with E-state index in [1.54, 1.807) is 24.1 Å². The number of carbonyl (C=O) groups excluding carboxylic acids is 3. The van der Waals surface area contributed by atoms with Crippen LogP contribution in [-0.2, 0) is 23.4 Å². The van der Waals surface area contributed by atoms with Crippen molar-refractivity contribution in [1.29, 1.82) is 0 Å². The zero-order valence-corrected chi connectivity index (χ0v) is 19.9. The Morgan fingerprint density at radius 1 is 1.09 bits per heavy atom. The summed E-state index contributed by atoms with van der Waals surface area (Å²) in [5.41, 5.74) is 2.51. The summed E-state index contributed by atoms with van der Waals surface area (Å²) < 4.78 is 7.16. The highest BCUT2D eigenvalue weighted by atomic mass is 16.5. The van der Waals surface area contributed by atoms with Gasteiger partial charge in [0.15, 0.2) is 5.54 Å². The van der Waals surface area contributed by atoms with Gasteiger partial charge in [-0.15, -0.1) is 0 Å². The number of imide groups is 1. The predicted octanol–water partition coefficient (Wildman–Crippen LogP) is 2.91. The first kappa shape index (κ1) is 22.6. The SMILES string of the molecule is COc1ccc2c(c1)C(=O)N(C[C@@]1(c3ccc(-c4cnn(CC(C)C)c4)cc3)NC(=O)NC1=O)C2. The highest BCUT2D eigenvalue weighted by Crippen LogP contribution is 2.33. The van der Waals surface area contributed by atoms with Gasteiger partial charge in [0, 0.05) is 30.4 Å². The van der Waals surface area contributed by atoms with Crippen LogP contribution >= 0.6 is 0 Å². The molecule has 0 aliphatic carbocycles. The molecule has 0 bridgehead atoms. The molecule has 9 nitrogen and oxygen atoms in total. The minimum absolute atomic E-state index is 0.00602. The van der Waals surface area contributed by atoms with Crippen LogP contribution in [-0.4, -0.2) is 46.2 Å². The van der Waals surface area contributed by atoms with Gasteiger partial charge >= 0.3 is 6.03 Å². The highest BCUT2D eigenvalue weighted by molar-refractivity contribution is 6.08. The lowest BCUT2D eigenvalue weighted by Gasteiger charge is -2.31. The number of methoxy groups -OCH3 is 1. The normalized spacial score (nSPS) is 19.2. The molecule has 0 spiro atoms. The van der Waals surface area contributed by atoms with E-state index in [1.165, 1.54) is 0 Å². The van der Waals surface area contributed by atoms with Gasteiger partial charge in [0.2, 0.25) is 0 Å². The predicted molar refractivity (Wildman–Crippen MR) is 129 cm³/mol. The van der Waals surface area contributed by atoms with Crippen LogP contribution in [0.5, 0.6) is 5.75 Å². The van der Waals surface area contributed by atoms with Crippen LogP contribution in [0, 0.1) is 5.92 Å². The van der Waals surface area contributed by atoms with E-state index >= 15 is 0 Å². The van der Waals surface area contributed by atoms with Crippen molar-refractivity contribution in [3.63, 3.8) is 0 Å². The average Bonchev–Trinajstić information content (AvgIpc) is 3.50. The minimum atomic E-state index is -1.39. The molecule has 1 aromatic heterocycles. The zero-order chi connectivity index (χ0) is 24.7. The monoisotopic (exact) mass is 473 g/mol. The number of amides is 4. The van der Waals surface area contributed by atoms with Crippen molar-refractivity contribution in [3.8, 4) is 16.9 Å². The van der Waals surface area contributed by atoms with Crippen LogP contribution in [0.3, 0.4) is 0 Å². The topological polar surface area (TPSA) is 106 Å². The second kappa shape index (κ2) is 8.57. The van der Waals surface area contributed by atoms with Crippen molar-refractivity contribution in [1.82, 2.24) is 25.3 Å². The van der Waals surface area contributed by atoms with E-state index in [1.807, 2.05) is 47.4 Å². The number of carbonyl (C=O) groups is 3. The first-order chi connectivity index (χ1) is 16.8. The van der Waals surface area contributed by atoms with Crippen molar-refractivity contribution < 1.29 is 19.1 Å². The Bertz CT molecular complexity index is 1310. The van der Waals surface area contributed by atoms with Gasteiger partial charge in [-0.1, -0.05) is 44.2 Å². The molecule has 2 N–H and O–H groups in total. The summed E-state index contributed by atoms with van der Waals surface area (Å²) in [6.07, 6.45) is 3.80. The molecule has 2 aliphatic heterocycles. The van der Waals surface area contributed by atoms with E-state index in [9.17, 15) is 14.4 Å². The van der Waals surface area contributed by atoms with Gasteiger partial charge in [-0.2, -0.15) is 5.10 Å². The lowest BCUT2D eigenvalue weighted by atomic mass is 9.88. The molecule has 1 fully saturated rings. The van der Waals surface area contributed by atoms with E-state index in [0.717, 1.165) is 23.2 Å². The molecular formula is C26H27N5O4. The standard InChI is InChI=1S/C26H27N5O4/c1-16(2)12-31-14-19(11-27-31)17-4-7-20(8-5-17)26(24(33)28-25(34)29-26)15-30-13-18-6-9-21(35-3)10-22(18)23(30)32/h4-11,14,16H,12-13,15H2,1-3H3,(H2,28,29,33,34)/t26-/m0/s1. The molecule has 35 heavy (non-hydrogen) atoms. The first-order valence-electron chi connectivity index (χ1n) is 11.5. The summed E-state index contributed by atoms with van der Waals surface area (Å²) >= 11 is 0. The fourth-order valence-electron chi connectivity index (χ4n) is 4.71. The zero-order valence-electron chi connectivity index (χ0n) is 19.9. The van der Waals surface area contributed by atoms with E-state index in [-0.39, 0.29) is 12.5 Å². The van der Waals surface area contributed by atoms with Gasteiger partial charge in [0.1, 0.15) is 5.75 Å². The van der Waals surface area contributed by atoms with Gasteiger partial charge in [-0.3, -0.25) is 19.6 Å². The lowest BCUT2D eigenvalue weighted by Crippen LogP contribution is -2.52. The fraction of sp³-hybridized carbons (Fsp3) is 0.308. The third-order valence-electron chi connectivity index (χ3n) is 6.46. The van der Waals surface area contributed by atoms with Crippen LogP contribution in [0.1, 0.15) is 35.3 Å². The van der Waals surface area contributed by atoms with Crippen molar-refractivity contribution >= 4 is 17.8 Å². The maximum atomic E-state index is 13.1. The number of fused-ring (bicyclic) bond motifs is 1. The van der Waals surface area contributed by atoms with Crippen molar-refractivity contribution in [2.24, 2.45) is 5.92 Å². The van der Waals surface area contributed by atoms with E-state index in [4.69, 9.17) is 4.74 Å². The van der Waals surface area contributed by atoms with Crippen LogP contribution in [0.4, 0.5) is 4.79 Å². The second-order valence-corrected chi connectivity index (χ2v) is 9.42. The summed E-state index contributed by atoms with van der Waals surface area (Å²) in [7, 11) is 1.55. The number of hydrogen-bond acceptors (Lipinski definition) is 5. The van der Waals surface area contributed by atoms with Gasteiger partial charge in [0.25, 0.3) is 11.8 Å². The minimum Gasteiger partial charge on any atom is -0.497 e. The van der Waals surface area contributed by atoms with E-state index in [0.29, 0.717) is 29.3 Å². The Kier molecular flexibility index (Phi) is 5.55. The van der Waals surface area contributed by atoms with Crippen LogP contribution in [0.15, 0.2) is 54.9 Å². The number of nitrogens with zero attached hydrogens (tertiary/aromatic N) is 3. The summed E-state index contributed by atoms with van der Waals surface area (Å²) in [6, 6.07) is 12.2. The maximum Gasteiger partial charge on any atom is 0.322 e. The van der Waals surface area contributed by atoms with Crippen LogP contribution in [0.25, 0.3) is 11.1 Å². The van der Waals surface area contributed by atoms with E-state index in [2.05, 4.69) is 29.6 Å². The van der Waals surface area contributed by atoms with Gasteiger partial charge in [0.05, 0.1) is 19.9 Å². The summed E-state index contributed by atoms with van der Waals surface area (Å²) in [5, 5.41) is 9.54. The molecule has 1 atom stereocenters. The molecule has 1 saturated heterocycles. The first-order valence-corrected chi connectivity index (χ1v) is 11.5. The Morgan fingerprint density at radius 3 is 2.51 bits per heavy atom. The molecule has 0 unspecified atom stereocenters. The molecule has 3 aromatic rings. The largest absolute Gasteiger partial charge is 0.497 e. The molecule has 0 saturated carbocycles. The Hall–Kier alpha value is -4.14. The van der Waals surface area contributed by atoms with Gasteiger partial charge < -0.3 is 15.0 Å². The van der Waals surface area contributed by atoms with E-state index < -0.39 is 17.5 Å². The molecular weight excluding hydrogens is 446 g/mol. The Balaban J connectivity index is 1.43. The Labute approximate surface area is 203 Å². The number of benzene rings is 2. The molecule has 3 heterocycles. The van der Waals surface area contributed by atoms with Gasteiger partial charge in [-0.25, -0.2) is 4.79 Å². The summed E-state index contributed by atoms with van der Waals surface area (Å²) in [5.74, 6) is 0.380. The quantitative estimate of drug-likeness (QED) is 0.514. The maximum absolute atomic E-state index is 13.1. The fourth-order valence-corrected chi connectivity index (χ4v) is 4.71. The lowest BCUT2D eigenvalue weighted by molar-refractivity contribution is -0.124. The Morgan fingerprint density at radius 2 is 1.86 bits per heavy atom. The number of urea groups is 1. The number of nitrogens with one attached hydrogen (secondary N) is 2. The molecule has 180 valence electrons. The van der Waals surface area contributed by atoms with Crippen molar-refractivity contribution in [3.05, 3.63) is 71.5 Å². The number of ether oxygens (including phenoxy) is 1. The molecule has 4 amide bonds. The summed E-state index contributed by atoms with van der Waals surface area (Å²) in [4.78, 5) is 40.0. The average molecular weight is 474 g/mol. The smallest absolute Gasteiger partial charge is 0.322 e. The number of aromatic nitrogens is 2. The third-order valence-corrected chi connectivity index (χ3v) is 6.46. The number of rotatable bonds is 7. The molecule has 0 radical (unpaired) electrons. The summed E-state index contributed by atoms with van der Waals surface area (Å²) in [6.45, 7) is 5.45. The molecule has 9 heteroatoms. The van der Waals surface area contributed by atoms with Crippen LogP contribution in [0.2, 0.25) is 0 Å². The van der Waals surface area contributed by atoms with Gasteiger partial charge in [-0.05, 0) is 34.7 Å². The second-order valence-electron chi connectivity index (χ2n) is 9.42. The van der Waals surface area contributed by atoms with Crippen molar-refractivity contribution in [2.75, 3.05) is 13.7 Å². The molecule has 2 aromatic carbocycles. The van der Waals surface area contributed by atoms with Crippen molar-refractivity contribution in [2.45, 2.75) is 32.5 Å². The number of hydrogen-bond donors (Lipinski definition) is 2. The van der Waals surface area contributed by atoms with Crippen LogP contribution < -0.4 is 15.4 Å². The molecule has 5 rings (SSSR count). The molecule has 2 aliphatic rings.